The van der Waals surface area contributed by atoms with Crippen LogP contribution in [-0.4, -0.2) is 5.84 Å². The Morgan fingerprint density at radius 3 is 2.45 bits per heavy atom. The number of benzene rings is 2. The summed E-state index contributed by atoms with van der Waals surface area (Å²) in [4.78, 5) is 4.62. The molecular weight excluding hydrogens is 315 g/mol. The lowest BCUT2D eigenvalue weighted by Gasteiger charge is -2.24. The van der Waals surface area contributed by atoms with Gasteiger partial charge >= 0.3 is 0 Å². The van der Waals surface area contributed by atoms with Gasteiger partial charge in [0, 0.05) is 15.6 Å². The quantitative estimate of drug-likeness (QED) is 0.823. The van der Waals surface area contributed by atoms with E-state index >= 15 is 0 Å². The van der Waals surface area contributed by atoms with Gasteiger partial charge in [0.2, 0.25) is 0 Å². The number of nitrogens with one attached hydrogen (secondary N) is 1. The van der Waals surface area contributed by atoms with Crippen LogP contribution in [0.4, 0.5) is 0 Å². The third kappa shape index (κ3) is 3.52. The predicted molar refractivity (Wildman–Crippen MR) is 93.7 cm³/mol. The van der Waals surface area contributed by atoms with E-state index in [0.29, 0.717) is 16.6 Å². The Morgan fingerprint density at radius 1 is 1.00 bits per heavy atom. The molecule has 0 saturated carbocycles. The summed E-state index contributed by atoms with van der Waals surface area (Å²) >= 11 is 12.6. The first-order valence-corrected chi connectivity index (χ1v) is 7.95. The van der Waals surface area contributed by atoms with Crippen LogP contribution < -0.4 is 5.32 Å². The van der Waals surface area contributed by atoms with Crippen molar-refractivity contribution < 1.29 is 0 Å². The molecule has 1 N–H and O–H groups in total. The van der Waals surface area contributed by atoms with Gasteiger partial charge in [-0.15, -0.1) is 0 Å². The second-order valence-corrected chi connectivity index (χ2v) is 5.97. The first kappa shape index (κ1) is 15.1. The fraction of sp³-hybridized carbons (Fsp3) is 0.167. The van der Waals surface area contributed by atoms with Crippen LogP contribution in [-0.2, 0) is 6.54 Å². The smallest absolute Gasteiger partial charge is 0.121 e. The molecule has 2 aromatic carbocycles. The molecule has 0 amide bonds. The van der Waals surface area contributed by atoms with Gasteiger partial charge in [-0.2, -0.15) is 0 Å². The fourth-order valence-corrected chi connectivity index (χ4v) is 3.15. The highest BCUT2D eigenvalue weighted by Gasteiger charge is 2.20. The Labute approximate surface area is 140 Å². The maximum Gasteiger partial charge on any atom is 0.121 e. The minimum absolute atomic E-state index is 0.0562. The second-order valence-electron chi connectivity index (χ2n) is 5.16. The maximum atomic E-state index is 6.30. The summed E-state index contributed by atoms with van der Waals surface area (Å²) in [5.41, 5.74) is 2.12. The minimum Gasteiger partial charge on any atom is -0.363 e. The second kappa shape index (κ2) is 6.99. The van der Waals surface area contributed by atoms with E-state index in [2.05, 4.69) is 28.5 Å². The normalized spacial score (nSPS) is 19.2. The van der Waals surface area contributed by atoms with Gasteiger partial charge in [0.1, 0.15) is 5.84 Å². The molecule has 1 heterocycles. The molecule has 0 bridgehead atoms. The van der Waals surface area contributed by atoms with E-state index in [-0.39, 0.29) is 6.04 Å². The zero-order chi connectivity index (χ0) is 15.4. The van der Waals surface area contributed by atoms with Gasteiger partial charge in [-0.3, -0.25) is 4.99 Å². The summed E-state index contributed by atoms with van der Waals surface area (Å²) in [7, 11) is 0. The van der Waals surface area contributed by atoms with Crippen molar-refractivity contribution in [3.05, 3.63) is 81.9 Å². The van der Waals surface area contributed by atoms with Crippen molar-refractivity contribution >= 4 is 29.0 Å². The summed E-state index contributed by atoms with van der Waals surface area (Å²) < 4.78 is 0. The summed E-state index contributed by atoms with van der Waals surface area (Å²) in [6, 6.07) is 15.8. The molecule has 0 fully saturated rings. The standard InChI is InChI=1S/C18H16Cl2N2/c19-14-8-4-9-15(20)18(14)16-10-5-11-17(22-16)21-12-13-6-2-1-3-7-13/h1-9,11,16H,10,12H2,(H,21,22). The molecule has 0 spiro atoms. The van der Waals surface area contributed by atoms with Gasteiger partial charge in [0.15, 0.2) is 0 Å². The molecule has 3 rings (SSSR count). The maximum absolute atomic E-state index is 6.30. The molecule has 22 heavy (non-hydrogen) atoms. The van der Waals surface area contributed by atoms with Crippen LogP contribution in [0.15, 0.2) is 65.7 Å². The molecule has 0 aromatic heterocycles. The van der Waals surface area contributed by atoms with Crippen LogP contribution in [0.2, 0.25) is 10.0 Å². The fourth-order valence-electron chi connectivity index (χ4n) is 2.49. The lowest BCUT2D eigenvalue weighted by molar-refractivity contribution is 0.646. The number of aliphatic imine (C=N–C) groups is 1. The minimum atomic E-state index is 0.0562. The molecule has 1 atom stereocenters. The van der Waals surface area contributed by atoms with Gasteiger partial charge in [0.05, 0.1) is 12.6 Å². The van der Waals surface area contributed by atoms with Crippen molar-refractivity contribution in [3.8, 4) is 0 Å². The number of halogens is 2. The van der Waals surface area contributed by atoms with Crippen LogP contribution in [0.5, 0.6) is 0 Å². The van der Waals surface area contributed by atoms with Crippen molar-refractivity contribution in [1.29, 1.82) is 0 Å². The molecule has 112 valence electrons. The summed E-state index contributed by atoms with van der Waals surface area (Å²) in [6.07, 6.45) is 4.95. The molecule has 1 aliphatic rings. The Hall–Kier alpha value is -1.77. The average Bonchev–Trinajstić information content (AvgIpc) is 2.54. The Kier molecular flexibility index (Phi) is 4.81. The Morgan fingerprint density at radius 2 is 1.73 bits per heavy atom. The number of hydrogen-bond acceptors (Lipinski definition) is 1. The van der Waals surface area contributed by atoms with Crippen molar-refractivity contribution in [3.63, 3.8) is 0 Å². The van der Waals surface area contributed by atoms with Crippen molar-refractivity contribution in [1.82, 2.24) is 5.32 Å². The highest BCUT2D eigenvalue weighted by atomic mass is 35.5. The lowest BCUT2D eigenvalue weighted by atomic mass is 10.0. The van der Waals surface area contributed by atoms with Crippen LogP contribution in [0.3, 0.4) is 0 Å². The SMILES string of the molecule is Clc1cccc(Cl)c1C1CC=CC(=NCc2ccccc2)N1. The molecule has 2 aromatic rings. The molecule has 0 radical (unpaired) electrons. The van der Waals surface area contributed by atoms with Crippen LogP contribution in [0.1, 0.15) is 23.6 Å². The predicted octanol–water partition coefficient (Wildman–Crippen LogP) is 5.18. The van der Waals surface area contributed by atoms with E-state index in [0.717, 1.165) is 17.8 Å². The molecule has 1 aliphatic heterocycles. The molecule has 0 aliphatic carbocycles. The van der Waals surface area contributed by atoms with E-state index < -0.39 is 0 Å². The van der Waals surface area contributed by atoms with E-state index in [9.17, 15) is 0 Å². The third-order valence-electron chi connectivity index (χ3n) is 3.59. The summed E-state index contributed by atoms with van der Waals surface area (Å²) in [6.45, 7) is 0.649. The van der Waals surface area contributed by atoms with Gasteiger partial charge in [-0.1, -0.05) is 65.7 Å². The topological polar surface area (TPSA) is 24.4 Å². The van der Waals surface area contributed by atoms with Crippen molar-refractivity contribution in [2.24, 2.45) is 4.99 Å². The van der Waals surface area contributed by atoms with Gasteiger partial charge in [-0.05, 0) is 30.2 Å². The van der Waals surface area contributed by atoms with Gasteiger partial charge in [-0.25, -0.2) is 0 Å². The molecule has 1 unspecified atom stereocenters. The highest BCUT2D eigenvalue weighted by molar-refractivity contribution is 6.36. The van der Waals surface area contributed by atoms with Crippen molar-refractivity contribution in [2.75, 3.05) is 0 Å². The molecule has 2 nitrogen and oxygen atoms in total. The van der Waals surface area contributed by atoms with E-state index in [4.69, 9.17) is 23.2 Å². The Balaban J connectivity index is 1.77. The van der Waals surface area contributed by atoms with Crippen molar-refractivity contribution in [2.45, 2.75) is 19.0 Å². The van der Waals surface area contributed by atoms with Crippen LogP contribution in [0.25, 0.3) is 0 Å². The summed E-state index contributed by atoms with van der Waals surface area (Å²) in [5.74, 6) is 0.857. The first-order valence-electron chi connectivity index (χ1n) is 7.19. The van der Waals surface area contributed by atoms with Gasteiger partial charge < -0.3 is 5.32 Å². The van der Waals surface area contributed by atoms with E-state index in [1.165, 1.54) is 5.56 Å². The highest BCUT2D eigenvalue weighted by Crippen LogP contribution is 2.33. The van der Waals surface area contributed by atoms with Gasteiger partial charge in [0.25, 0.3) is 0 Å². The zero-order valence-corrected chi connectivity index (χ0v) is 13.5. The van der Waals surface area contributed by atoms with Crippen LogP contribution in [0, 0.1) is 0 Å². The zero-order valence-electron chi connectivity index (χ0n) is 12.0. The molecule has 4 heteroatoms. The number of amidine groups is 1. The molecular formula is C18H16Cl2N2. The largest absolute Gasteiger partial charge is 0.363 e. The first-order chi connectivity index (χ1) is 10.7. The number of rotatable bonds is 3. The number of nitrogens with zero attached hydrogens (tertiary/aromatic N) is 1. The Bertz CT molecular complexity index is 688. The third-order valence-corrected chi connectivity index (χ3v) is 4.25. The summed E-state index contributed by atoms with van der Waals surface area (Å²) in [5, 5.41) is 4.78. The monoisotopic (exact) mass is 330 g/mol. The van der Waals surface area contributed by atoms with E-state index in [1.54, 1.807) is 0 Å². The lowest BCUT2D eigenvalue weighted by Crippen LogP contribution is -2.30. The molecule has 0 saturated heterocycles. The van der Waals surface area contributed by atoms with Crippen LogP contribution >= 0.6 is 23.2 Å². The number of hydrogen-bond donors (Lipinski definition) is 1. The average molecular weight is 331 g/mol. The van der Waals surface area contributed by atoms with E-state index in [1.807, 2.05) is 42.5 Å².